The average molecular weight is 382 g/mol. The standard InChI is InChI=1S/C19H16FN5O3/c1-19(27,12-8-22-23-9-12)3-2-11-6-13-16(7-14(11)20)28-5-4-25-10-15(17(21)26)24-18(13)25/h6-10,15,27H,4-5H2,1H3,(H2-,21,22,23,26)/p+1. The van der Waals surface area contributed by atoms with Gasteiger partial charge in [-0.2, -0.15) is 5.10 Å². The number of nitrogens with two attached hydrogens (primary N) is 1. The Hall–Kier alpha value is -3.51. The zero-order chi connectivity index (χ0) is 19.9. The van der Waals surface area contributed by atoms with E-state index in [0.29, 0.717) is 35.9 Å². The molecule has 1 aromatic heterocycles. The Balaban J connectivity index is 1.77. The van der Waals surface area contributed by atoms with E-state index < -0.39 is 23.4 Å². The van der Waals surface area contributed by atoms with Crippen LogP contribution in [0.4, 0.5) is 4.39 Å². The van der Waals surface area contributed by atoms with Gasteiger partial charge in [0, 0.05) is 17.8 Å². The normalized spacial score (nSPS) is 19.6. The molecular formula is C19H17FN5O3+. The van der Waals surface area contributed by atoms with E-state index >= 15 is 0 Å². The van der Waals surface area contributed by atoms with E-state index in [9.17, 15) is 14.3 Å². The summed E-state index contributed by atoms with van der Waals surface area (Å²) >= 11 is 0. The molecule has 0 saturated carbocycles. The van der Waals surface area contributed by atoms with E-state index in [2.05, 4.69) is 27.0 Å². The van der Waals surface area contributed by atoms with Crippen molar-refractivity contribution in [3.8, 4) is 17.6 Å². The lowest BCUT2D eigenvalue weighted by molar-refractivity contribution is -0.399. The first-order valence-corrected chi connectivity index (χ1v) is 8.55. The number of nitrogens with zero attached hydrogens (tertiary/aromatic N) is 3. The monoisotopic (exact) mass is 382 g/mol. The molecule has 28 heavy (non-hydrogen) atoms. The van der Waals surface area contributed by atoms with Crippen LogP contribution in [0.2, 0.25) is 0 Å². The summed E-state index contributed by atoms with van der Waals surface area (Å²) in [5.74, 6) is 4.96. The first-order valence-electron chi connectivity index (χ1n) is 8.55. The molecule has 3 heterocycles. The van der Waals surface area contributed by atoms with E-state index in [0.717, 1.165) is 0 Å². The molecule has 0 spiro atoms. The van der Waals surface area contributed by atoms with Crippen LogP contribution < -0.4 is 10.5 Å². The van der Waals surface area contributed by atoms with Gasteiger partial charge in [0.1, 0.15) is 36.5 Å². The van der Waals surface area contributed by atoms with Gasteiger partial charge in [-0.05, 0) is 13.0 Å². The maximum Gasteiger partial charge on any atom is 0.329 e. The Morgan fingerprint density at radius 1 is 1.54 bits per heavy atom. The third kappa shape index (κ3) is 3.14. The summed E-state index contributed by atoms with van der Waals surface area (Å²) in [6.07, 6.45) is 4.58. The summed E-state index contributed by atoms with van der Waals surface area (Å²) in [6.45, 7) is 2.24. The molecule has 4 rings (SSSR count). The lowest BCUT2D eigenvalue weighted by Crippen LogP contribution is -2.28. The number of amides is 1. The molecule has 2 aliphatic heterocycles. The van der Waals surface area contributed by atoms with Gasteiger partial charge in [-0.3, -0.25) is 9.89 Å². The number of amidine groups is 1. The van der Waals surface area contributed by atoms with Crippen molar-refractivity contribution < 1.29 is 23.6 Å². The van der Waals surface area contributed by atoms with E-state index in [1.165, 1.54) is 31.5 Å². The topological polar surface area (TPSA) is 117 Å². The second-order valence-corrected chi connectivity index (χ2v) is 6.63. The molecule has 0 saturated heterocycles. The Bertz CT molecular complexity index is 1080. The molecule has 2 unspecified atom stereocenters. The minimum atomic E-state index is -1.51. The third-order valence-electron chi connectivity index (χ3n) is 4.55. The van der Waals surface area contributed by atoms with Gasteiger partial charge in [0.2, 0.25) is 0 Å². The van der Waals surface area contributed by atoms with Crippen molar-refractivity contribution in [2.24, 2.45) is 10.7 Å². The number of aromatic amines is 1. The Morgan fingerprint density at radius 2 is 2.36 bits per heavy atom. The van der Waals surface area contributed by atoms with Crippen LogP contribution in [-0.2, 0) is 10.4 Å². The maximum absolute atomic E-state index is 14.6. The highest BCUT2D eigenvalue weighted by Gasteiger charge is 2.37. The van der Waals surface area contributed by atoms with E-state index in [1.54, 1.807) is 10.8 Å². The van der Waals surface area contributed by atoms with Gasteiger partial charge in [0.15, 0.2) is 5.60 Å². The van der Waals surface area contributed by atoms with Crippen molar-refractivity contribution in [1.82, 2.24) is 10.2 Å². The SMILES string of the molecule is CC(O)(C#Cc1cc2c(cc1F)OCC[N+]1=CC(C(N)=O)N=C21)c1cn[nH]c1. The van der Waals surface area contributed by atoms with Gasteiger partial charge < -0.3 is 15.6 Å². The van der Waals surface area contributed by atoms with Crippen LogP contribution in [0.15, 0.2) is 29.5 Å². The molecule has 8 nitrogen and oxygen atoms in total. The van der Waals surface area contributed by atoms with E-state index in [4.69, 9.17) is 10.5 Å². The zero-order valence-electron chi connectivity index (χ0n) is 14.9. The van der Waals surface area contributed by atoms with Crippen molar-refractivity contribution in [3.05, 3.63) is 47.0 Å². The number of primary amides is 1. The van der Waals surface area contributed by atoms with Crippen molar-refractivity contribution in [2.45, 2.75) is 18.6 Å². The van der Waals surface area contributed by atoms with Crippen LogP contribution in [0, 0.1) is 17.7 Å². The number of hydrogen-bond donors (Lipinski definition) is 3. The molecule has 2 atom stereocenters. The van der Waals surface area contributed by atoms with Crippen LogP contribution in [0.5, 0.6) is 5.75 Å². The maximum atomic E-state index is 14.6. The molecule has 0 radical (unpaired) electrons. The summed E-state index contributed by atoms with van der Waals surface area (Å²) in [5, 5.41) is 16.9. The molecule has 2 aromatic rings. The summed E-state index contributed by atoms with van der Waals surface area (Å²) in [5.41, 5.74) is 4.88. The highest BCUT2D eigenvalue weighted by Crippen LogP contribution is 2.28. The molecule has 142 valence electrons. The van der Waals surface area contributed by atoms with Crippen molar-refractivity contribution >= 4 is 18.0 Å². The number of aromatic nitrogens is 2. The van der Waals surface area contributed by atoms with Crippen LogP contribution >= 0.6 is 0 Å². The Kier molecular flexibility index (Phi) is 4.20. The fourth-order valence-corrected chi connectivity index (χ4v) is 3.00. The van der Waals surface area contributed by atoms with Crippen molar-refractivity contribution in [2.75, 3.05) is 13.2 Å². The molecule has 4 N–H and O–H groups in total. The minimum Gasteiger partial charge on any atom is -0.488 e. The van der Waals surface area contributed by atoms with Gasteiger partial charge in [0.05, 0.1) is 11.8 Å². The number of carbonyl (C=O) groups excluding carboxylic acids is 1. The highest BCUT2D eigenvalue weighted by atomic mass is 19.1. The molecule has 0 aliphatic carbocycles. The van der Waals surface area contributed by atoms with Gasteiger partial charge in [0.25, 0.3) is 11.9 Å². The number of carbonyl (C=O) groups is 1. The number of hydrogen-bond acceptors (Lipinski definition) is 5. The summed E-state index contributed by atoms with van der Waals surface area (Å²) in [7, 11) is 0. The third-order valence-corrected chi connectivity index (χ3v) is 4.55. The molecule has 2 aliphatic rings. The molecule has 9 heteroatoms. The summed E-state index contributed by atoms with van der Waals surface area (Å²) < 4.78 is 21.9. The molecule has 0 fully saturated rings. The lowest BCUT2D eigenvalue weighted by atomic mass is 9.99. The average Bonchev–Trinajstić information content (AvgIpc) is 3.29. The predicted octanol–water partition coefficient (Wildman–Crippen LogP) is -0.102. The molecule has 1 aromatic carbocycles. The first kappa shape index (κ1) is 17.9. The quantitative estimate of drug-likeness (QED) is 0.497. The number of H-pyrrole nitrogens is 1. The van der Waals surface area contributed by atoms with Crippen molar-refractivity contribution in [1.29, 1.82) is 0 Å². The van der Waals surface area contributed by atoms with E-state index in [-0.39, 0.29) is 5.56 Å². The van der Waals surface area contributed by atoms with Crippen LogP contribution in [-0.4, -0.2) is 57.0 Å². The summed E-state index contributed by atoms with van der Waals surface area (Å²) in [4.78, 5) is 15.8. The predicted molar refractivity (Wildman–Crippen MR) is 97.6 cm³/mol. The number of aliphatic imine (C=N–C) groups is 1. The summed E-state index contributed by atoms with van der Waals surface area (Å²) in [6, 6.07) is 1.95. The lowest BCUT2D eigenvalue weighted by Gasteiger charge is -2.13. The number of rotatable bonds is 2. The number of halogens is 1. The number of benzene rings is 1. The minimum absolute atomic E-state index is 0.0678. The highest BCUT2D eigenvalue weighted by molar-refractivity contribution is 6.07. The van der Waals surface area contributed by atoms with Gasteiger partial charge >= 0.3 is 5.84 Å². The van der Waals surface area contributed by atoms with Crippen LogP contribution in [0.25, 0.3) is 0 Å². The second kappa shape index (κ2) is 6.58. The van der Waals surface area contributed by atoms with Gasteiger partial charge in [-0.15, -0.1) is 0 Å². The fraction of sp³-hybridized carbons (Fsp3) is 0.263. The van der Waals surface area contributed by atoms with E-state index in [1.807, 2.05) is 0 Å². The zero-order valence-corrected chi connectivity index (χ0v) is 14.9. The van der Waals surface area contributed by atoms with Gasteiger partial charge in [-0.1, -0.05) is 16.8 Å². The number of fused-ring (bicyclic) bond motifs is 3. The van der Waals surface area contributed by atoms with Gasteiger partial charge in [-0.25, -0.2) is 8.97 Å². The Morgan fingerprint density at radius 3 is 3.07 bits per heavy atom. The first-order chi connectivity index (χ1) is 13.3. The van der Waals surface area contributed by atoms with Crippen molar-refractivity contribution in [3.63, 3.8) is 0 Å². The molecule has 1 amide bonds. The smallest absolute Gasteiger partial charge is 0.329 e. The molecule has 0 bridgehead atoms. The fourth-order valence-electron chi connectivity index (χ4n) is 3.00. The molecular weight excluding hydrogens is 365 g/mol. The number of aliphatic hydroxyl groups is 1. The Labute approximate surface area is 159 Å². The number of nitrogens with one attached hydrogen (secondary N) is 1. The second-order valence-electron chi connectivity index (χ2n) is 6.63. The number of ether oxygens (including phenoxy) is 1. The van der Waals surface area contributed by atoms with Crippen LogP contribution in [0.3, 0.4) is 0 Å². The van der Waals surface area contributed by atoms with Crippen LogP contribution in [0.1, 0.15) is 23.6 Å². The largest absolute Gasteiger partial charge is 0.488 e.